The van der Waals surface area contributed by atoms with Crippen molar-refractivity contribution in [3.63, 3.8) is 0 Å². The Balaban J connectivity index is 1.67. The molecule has 2 nitrogen and oxygen atoms in total. The second kappa shape index (κ2) is 7.23. The van der Waals surface area contributed by atoms with Crippen LogP contribution in [-0.4, -0.2) is 59.1 Å². The van der Waals surface area contributed by atoms with Gasteiger partial charge in [-0.1, -0.05) is 32.6 Å². The van der Waals surface area contributed by atoms with Crippen molar-refractivity contribution in [2.24, 2.45) is 0 Å². The van der Waals surface area contributed by atoms with Crippen molar-refractivity contribution in [1.29, 1.82) is 0 Å². The van der Waals surface area contributed by atoms with Crippen molar-refractivity contribution in [3.05, 3.63) is 0 Å². The van der Waals surface area contributed by atoms with Gasteiger partial charge in [-0.25, -0.2) is 0 Å². The van der Waals surface area contributed by atoms with Gasteiger partial charge in [0, 0.05) is 36.5 Å². The molecule has 0 radical (unpaired) electrons. The van der Waals surface area contributed by atoms with Crippen LogP contribution < -0.4 is 0 Å². The fourth-order valence-corrected chi connectivity index (χ4v) is 5.88. The van der Waals surface area contributed by atoms with E-state index in [-0.39, 0.29) is 0 Å². The molecule has 3 aliphatic rings. The third-order valence-electron chi connectivity index (χ3n) is 6.32. The molecule has 0 N–H and O–H groups in total. The highest BCUT2D eigenvalue weighted by atomic mass is 32.2. The van der Waals surface area contributed by atoms with Crippen molar-refractivity contribution >= 4 is 11.8 Å². The van der Waals surface area contributed by atoms with Crippen LogP contribution in [0.4, 0.5) is 0 Å². The van der Waals surface area contributed by atoms with Crippen LogP contribution in [0.15, 0.2) is 0 Å². The van der Waals surface area contributed by atoms with E-state index in [9.17, 15) is 0 Å². The smallest absolute Gasteiger partial charge is 0.0284 e. The number of thioether (sulfide) groups is 1. The molecule has 0 aromatic heterocycles. The Morgan fingerprint density at radius 2 is 1.86 bits per heavy atom. The zero-order chi connectivity index (χ0) is 14.7. The summed E-state index contributed by atoms with van der Waals surface area (Å²) >= 11 is 2.17. The Kier molecular flexibility index (Phi) is 5.55. The summed E-state index contributed by atoms with van der Waals surface area (Å²) in [5, 5.41) is 0. The van der Waals surface area contributed by atoms with Crippen molar-refractivity contribution in [2.75, 3.05) is 32.4 Å². The highest BCUT2D eigenvalue weighted by Crippen LogP contribution is 2.40. The van der Waals surface area contributed by atoms with Gasteiger partial charge in [0.15, 0.2) is 0 Å². The van der Waals surface area contributed by atoms with Crippen LogP contribution in [0.25, 0.3) is 0 Å². The predicted molar refractivity (Wildman–Crippen MR) is 94.2 cm³/mol. The molecule has 3 fully saturated rings. The molecular formula is C18H34N2S. The van der Waals surface area contributed by atoms with Gasteiger partial charge in [0.25, 0.3) is 0 Å². The molecule has 122 valence electrons. The normalized spacial score (nSPS) is 34.6. The first-order chi connectivity index (χ1) is 10.3. The van der Waals surface area contributed by atoms with Gasteiger partial charge in [-0.3, -0.25) is 9.80 Å². The lowest BCUT2D eigenvalue weighted by atomic mass is 9.86. The van der Waals surface area contributed by atoms with Crippen LogP contribution in [0.2, 0.25) is 0 Å². The van der Waals surface area contributed by atoms with Crippen LogP contribution in [0, 0.1) is 0 Å². The Hall–Kier alpha value is 0.270. The molecule has 0 bridgehead atoms. The van der Waals surface area contributed by atoms with Crippen molar-refractivity contribution in [1.82, 2.24) is 9.80 Å². The van der Waals surface area contributed by atoms with Crippen LogP contribution >= 0.6 is 11.8 Å². The minimum Gasteiger partial charge on any atom is -0.298 e. The van der Waals surface area contributed by atoms with Gasteiger partial charge >= 0.3 is 0 Å². The molecule has 0 aromatic rings. The molecule has 3 heteroatoms. The summed E-state index contributed by atoms with van der Waals surface area (Å²) in [5.41, 5.74) is 0. The molecule has 2 aliphatic heterocycles. The Labute approximate surface area is 136 Å². The highest BCUT2D eigenvalue weighted by Gasteiger charge is 2.39. The number of piperazine rings is 1. The molecule has 0 aromatic carbocycles. The molecule has 1 aliphatic carbocycles. The zero-order valence-corrected chi connectivity index (χ0v) is 15.0. The summed E-state index contributed by atoms with van der Waals surface area (Å²) in [7, 11) is 0. The predicted octanol–water partition coefficient (Wildman–Crippen LogP) is 4.00. The largest absolute Gasteiger partial charge is 0.298 e. The van der Waals surface area contributed by atoms with Crippen LogP contribution in [0.5, 0.6) is 0 Å². The summed E-state index contributed by atoms with van der Waals surface area (Å²) in [6, 6.07) is 1.68. The van der Waals surface area contributed by atoms with Crippen LogP contribution in [0.3, 0.4) is 0 Å². The summed E-state index contributed by atoms with van der Waals surface area (Å²) in [6.45, 7) is 7.81. The lowest BCUT2D eigenvalue weighted by molar-refractivity contribution is 0.000839. The van der Waals surface area contributed by atoms with Gasteiger partial charge in [-0.2, -0.15) is 11.8 Å². The number of piperidine rings is 1. The number of fused-ring (bicyclic) bond motifs is 1. The lowest BCUT2D eigenvalue weighted by Gasteiger charge is -2.51. The maximum atomic E-state index is 2.90. The van der Waals surface area contributed by atoms with Gasteiger partial charge in [-0.15, -0.1) is 0 Å². The van der Waals surface area contributed by atoms with Gasteiger partial charge < -0.3 is 0 Å². The molecule has 2 heterocycles. The molecule has 2 unspecified atom stereocenters. The number of rotatable bonds is 4. The van der Waals surface area contributed by atoms with E-state index < -0.39 is 0 Å². The quantitative estimate of drug-likeness (QED) is 0.775. The highest BCUT2D eigenvalue weighted by molar-refractivity contribution is 8.00. The van der Waals surface area contributed by atoms with Gasteiger partial charge in [-0.05, 0) is 44.9 Å². The van der Waals surface area contributed by atoms with E-state index in [1.54, 1.807) is 0 Å². The third-order valence-corrected chi connectivity index (χ3v) is 7.72. The number of hydrogen-bond acceptors (Lipinski definition) is 3. The van der Waals surface area contributed by atoms with E-state index in [1.165, 1.54) is 84.0 Å². The Morgan fingerprint density at radius 1 is 1.05 bits per heavy atom. The molecule has 1 saturated carbocycles. The van der Waals surface area contributed by atoms with E-state index in [4.69, 9.17) is 0 Å². The van der Waals surface area contributed by atoms with Crippen molar-refractivity contribution < 1.29 is 0 Å². The van der Waals surface area contributed by atoms with E-state index in [1.807, 2.05) is 0 Å². The molecule has 2 atom stereocenters. The third kappa shape index (κ3) is 3.61. The number of hydrogen-bond donors (Lipinski definition) is 0. The fraction of sp³-hybridized carbons (Fsp3) is 1.00. The molecule has 2 saturated heterocycles. The van der Waals surface area contributed by atoms with E-state index in [2.05, 4.69) is 34.7 Å². The summed E-state index contributed by atoms with van der Waals surface area (Å²) in [5.74, 6) is 0. The molecule has 0 spiro atoms. The second-order valence-electron chi connectivity index (χ2n) is 7.58. The minimum atomic E-state index is 0.572. The van der Waals surface area contributed by atoms with E-state index >= 15 is 0 Å². The summed E-state index contributed by atoms with van der Waals surface area (Å²) < 4.78 is 0.572. The average Bonchev–Trinajstić information content (AvgIpc) is 2.55. The zero-order valence-electron chi connectivity index (χ0n) is 14.1. The van der Waals surface area contributed by atoms with E-state index in [0.29, 0.717) is 4.75 Å². The molecule has 0 amide bonds. The SMILES string of the molecule is CCC1CN2CCCCC2CN1CC1(SC)CCCCC1. The Morgan fingerprint density at radius 3 is 2.57 bits per heavy atom. The van der Waals surface area contributed by atoms with Gasteiger partial charge in [0.2, 0.25) is 0 Å². The molecule has 21 heavy (non-hydrogen) atoms. The molecule has 3 rings (SSSR count). The monoisotopic (exact) mass is 310 g/mol. The Bertz CT molecular complexity index is 327. The van der Waals surface area contributed by atoms with Crippen LogP contribution in [-0.2, 0) is 0 Å². The number of nitrogens with zero attached hydrogens (tertiary/aromatic N) is 2. The topological polar surface area (TPSA) is 6.48 Å². The fourth-order valence-electron chi connectivity index (χ4n) is 4.89. The molecular weight excluding hydrogens is 276 g/mol. The van der Waals surface area contributed by atoms with Crippen molar-refractivity contribution in [3.8, 4) is 0 Å². The maximum absolute atomic E-state index is 2.90. The first kappa shape index (κ1) is 16.1. The maximum Gasteiger partial charge on any atom is 0.0284 e. The minimum absolute atomic E-state index is 0.572. The second-order valence-corrected chi connectivity index (χ2v) is 8.86. The summed E-state index contributed by atoms with van der Waals surface area (Å²) in [6.07, 6.45) is 15.3. The average molecular weight is 311 g/mol. The first-order valence-corrected chi connectivity index (χ1v) is 10.5. The van der Waals surface area contributed by atoms with Crippen LogP contribution in [0.1, 0.15) is 64.7 Å². The van der Waals surface area contributed by atoms with Gasteiger partial charge in [0.1, 0.15) is 0 Å². The lowest BCUT2D eigenvalue weighted by Crippen LogP contribution is -2.61. The summed E-state index contributed by atoms with van der Waals surface area (Å²) in [4.78, 5) is 5.70. The standard InChI is InChI=1S/C18H34N2S/c1-3-16-13-19-12-8-5-9-17(19)14-20(16)15-18(21-2)10-6-4-7-11-18/h16-17H,3-15H2,1-2H3. The first-order valence-electron chi connectivity index (χ1n) is 9.29. The van der Waals surface area contributed by atoms with Gasteiger partial charge in [0.05, 0.1) is 0 Å². The van der Waals surface area contributed by atoms with Crippen molar-refractivity contribution in [2.45, 2.75) is 81.5 Å². The van der Waals surface area contributed by atoms with E-state index in [0.717, 1.165) is 12.1 Å².